The van der Waals surface area contributed by atoms with Crippen LogP contribution in [-0.4, -0.2) is 67.3 Å². The minimum atomic E-state index is -0.230. The van der Waals surface area contributed by atoms with Gasteiger partial charge in [0.15, 0.2) is 0 Å². The van der Waals surface area contributed by atoms with Gasteiger partial charge in [-0.25, -0.2) is 0 Å². The number of carbonyl (C=O) groups is 1. The fraction of sp³-hybridized carbons (Fsp3) is 0.550. The van der Waals surface area contributed by atoms with Crippen molar-refractivity contribution in [1.29, 1.82) is 0 Å². The van der Waals surface area contributed by atoms with Gasteiger partial charge in [-0.3, -0.25) is 9.69 Å². The largest absolute Gasteiger partial charge is 0.496 e. The molecule has 3 rings (SSSR count). The number of carbonyl (C=O) groups excluding carboxylic acids is 1. The first-order valence-electron chi connectivity index (χ1n) is 9.11. The zero-order valence-corrected chi connectivity index (χ0v) is 15.0. The number of hydrogen-bond acceptors (Lipinski definition) is 4. The Hall–Kier alpha value is -1.85. The average Bonchev–Trinajstić information content (AvgIpc) is 3.04. The van der Waals surface area contributed by atoms with Crippen molar-refractivity contribution in [2.45, 2.75) is 19.3 Å². The molecular formula is C20H28N2O3. The maximum absolute atomic E-state index is 12.8. The van der Waals surface area contributed by atoms with Crippen LogP contribution in [0.2, 0.25) is 0 Å². The van der Waals surface area contributed by atoms with Crippen LogP contribution in [0.15, 0.2) is 30.3 Å². The first kappa shape index (κ1) is 18.0. The lowest BCUT2D eigenvalue weighted by atomic mass is 9.78. The summed E-state index contributed by atoms with van der Waals surface area (Å²) in [5.74, 6) is 1.11. The highest BCUT2D eigenvalue weighted by atomic mass is 16.5. The molecule has 2 fully saturated rings. The van der Waals surface area contributed by atoms with Crippen LogP contribution >= 0.6 is 0 Å². The minimum absolute atomic E-state index is 0.0488. The van der Waals surface area contributed by atoms with E-state index in [0.717, 1.165) is 56.8 Å². The summed E-state index contributed by atoms with van der Waals surface area (Å²) in [7, 11) is 1.68. The molecule has 1 atom stereocenters. The molecule has 5 nitrogen and oxygen atoms in total. The van der Waals surface area contributed by atoms with Crippen molar-refractivity contribution < 1.29 is 14.6 Å². The molecule has 5 heteroatoms. The number of amides is 1. The number of piperidine rings is 1. The molecule has 1 spiro atoms. The zero-order valence-electron chi connectivity index (χ0n) is 15.0. The lowest BCUT2D eigenvalue weighted by molar-refractivity contribution is -0.146. The number of aliphatic hydroxyl groups excluding tert-OH is 1. The van der Waals surface area contributed by atoms with Gasteiger partial charge in [-0.1, -0.05) is 30.4 Å². The molecule has 0 saturated carbocycles. The van der Waals surface area contributed by atoms with Crippen molar-refractivity contribution in [3.8, 4) is 5.75 Å². The van der Waals surface area contributed by atoms with E-state index in [4.69, 9.17) is 9.84 Å². The Bertz CT molecular complexity index is 629. The number of likely N-dealkylation sites (tertiary alicyclic amines) is 2. The first-order valence-corrected chi connectivity index (χ1v) is 9.11. The predicted octanol–water partition coefficient (Wildman–Crippen LogP) is 2.02. The first-order chi connectivity index (χ1) is 12.2. The van der Waals surface area contributed by atoms with Crippen LogP contribution in [-0.2, 0) is 4.79 Å². The highest BCUT2D eigenvalue weighted by Crippen LogP contribution is 2.39. The van der Waals surface area contributed by atoms with Gasteiger partial charge in [-0.2, -0.15) is 0 Å². The molecule has 2 heterocycles. The molecule has 0 radical (unpaired) electrons. The Labute approximate surface area is 149 Å². The van der Waals surface area contributed by atoms with E-state index in [2.05, 4.69) is 17.1 Å². The summed E-state index contributed by atoms with van der Waals surface area (Å²) < 4.78 is 5.37. The molecule has 2 aliphatic rings. The van der Waals surface area contributed by atoms with Gasteiger partial charge >= 0.3 is 0 Å². The van der Waals surface area contributed by atoms with Gasteiger partial charge in [0.2, 0.25) is 5.91 Å². The quantitative estimate of drug-likeness (QED) is 0.858. The smallest absolute Gasteiger partial charge is 0.230 e. The van der Waals surface area contributed by atoms with E-state index in [1.807, 2.05) is 29.2 Å². The van der Waals surface area contributed by atoms with E-state index in [9.17, 15) is 4.79 Å². The molecule has 0 aromatic heterocycles. The van der Waals surface area contributed by atoms with E-state index >= 15 is 0 Å². The van der Waals surface area contributed by atoms with Crippen LogP contribution in [0.1, 0.15) is 24.8 Å². The molecule has 1 N–H and O–H groups in total. The van der Waals surface area contributed by atoms with Crippen LogP contribution in [0.3, 0.4) is 0 Å². The summed E-state index contributed by atoms with van der Waals surface area (Å²) in [6.07, 6.45) is 7.17. The number of aliphatic hydroxyl groups is 1. The van der Waals surface area contributed by atoms with E-state index in [1.54, 1.807) is 7.11 Å². The summed E-state index contributed by atoms with van der Waals surface area (Å²) >= 11 is 0. The summed E-state index contributed by atoms with van der Waals surface area (Å²) in [4.78, 5) is 17.0. The summed E-state index contributed by atoms with van der Waals surface area (Å²) in [6.45, 7) is 3.92. The van der Waals surface area contributed by atoms with E-state index in [1.165, 1.54) is 0 Å². The molecule has 0 unspecified atom stereocenters. The third-order valence-corrected chi connectivity index (χ3v) is 5.43. The van der Waals surface area contributed by atoms with Crippen LogP contribution in [0.5, 0.6) is 5.75 Å². The maximum Gasteiger partial charge on any atom is 0.230 e. The molecule has 25 heavy (non-hydrogen) atoms. The van der Waals surface area contributed by atoms with Gasteiger partial charge < -0.3 is 14.7 Å². The maximum atomic E-state index is 12.8. The van der Waals surface area contributed by atoms with Crippen LogP contribution in [0.4, 0.5) is 0 Å². The Morgan fingerprint density at radius 2 is 2.12 bits per heavy atom. The molecule has 1 aromatic carbocycles. The fourth-order valence-corrected chi connectivity index (χ4v) is 4.11. The van der Waals surface area contributed by atoms with Gasteiger partial charge in [0.05, 0.1) is 19.1 Å². The Morgan fingerprint density at radius 3 is 2.92 bits per heavy atom. The van der Waals surface area contributed by atoms with Gasteiger partial charge in [0, 0.05) is 31.7 Å². The summed E-state index contributed by atoms with van der Waals surface area (Å²) in [5.41, 5.74) is 0.841. The monoisotopic (exact) mass is 344 g/mol. The third kappa shape index (κ3) is 3.88. The van der Waals surface area contributed by atoms with Crippen molar-refractivity contribution in [2.75, 3.05) is 46.4 Å². The number of benzene rings is 1. The molecule has 1 aromatic rings. The van der Waals surface area contributed by atoms with Gasteiger partial charge in [-0.15, -0.1) is 0 Å². The number of methoxy groups -OCH3 is 1. The second-order valence-electron chi connectivity index (χ2n) is 7.03. The predicted molar refractivity (Wildman–Crippen MR) is 98.4 cm³/mol. The number of nitrogens with zero attached hydrogens (tertiary/aromatic N) is 2. The van der Waals surface area contributed by atoms with E-state index < -0.39 is 0 Å². The Kier molecular flexibility index (Phi) is 5.76. The topological polar surface area (TPSA) is 53.0 Å². The molecule has 1 amide bonds. The highest BCUT2D eigenvalue weighted by Gasteiger charge is 2.47. The molecule has 0 aliphatic carbocycles. The molecular weight excluding hydrogens is 316 g/mol. The van der Waals surface area contributed by atoms with Crippen molar-refractivity contribution in [3.63, 3.8) is 0 Å². The van der Waals surface area contributed by atoms with E-state index in [0.29, 0.717) is 6.54 Å². The van der Waals surface area contributed by atoms with Crippen molar-refractivity contribution in [1.82, 2.24) is 9.80 Å². The van der Waals surface area contributed by atoms with Crippen LogP contribution in [0, 0.1) is 5.41 Å². The lowest BCUT2D eigenvalue weighted by Crippen LogP contribution is -2.50. The summed E-state index contributed by atoms with van der Waals surface area (Å²) in [6, 6.07) is 7.97. The van der Waals surface area contributed by atoms with Crippen LogP contribution < -0.4 is 4.74 Å². The number of rotatable bonds is 6. The summed E-state index contributed by atoms with van der Waals surface area (Å²) in [5, 5.41) is 9.16. The number of para-hydroxylation sites is 1. The van der Waals surface area contributed by atoms with Gasteiger partial charge in [-0.05, 0) is 31.9 Å². The highest BCUT2D eigenvalue weighted by molar-refractivity contribution is 5.84. The second kappa shape index (κ2) is 8.02. The number of hydrogen-bond donors (Lipinski definition) is 1. The SMILES string of the molecule is COc1ccccc1/C=C/CN1CC[C@]2(CCCN(CCO)C2=O)C1. The molecule has 2 aliphatic heterocycles. The number of β-amino-alcohol motifs (C(OH)–C–C–N with tert-alkyl or cyclic N) is 1. The van der Waals surface area contributed by atoms with Crippen molar-refractivity contribution >= 4 is 12.0 Å². The van der Waals surface area contributed by atoms with Crippen molar-refractivity contribution in [3.05, 3.63) is 35.9 Å². The fourth-order valence-electron chi connectivity index (χ4n) is 4.11. The number of ether oxygens (including phenoxy) is 1. The Morgan fingerprint density at radius 1 is 1.28 bits per heavy atom. The normalized spacial score (nSPS) is 24.6. The van der Waals surface area contributed by atoms with Crippen molar-refractivity contribution in [2.24, 2.45) is 5.41 Å². The average molecular weight is 344 g/mol. The Balaban J connectivity index is 1.59. The van der Waals surface area contributed by atoms with E-state index in [-0.39, 0.29) is 17.9 Å². The molecule has 136 valence electrons. The lowest BCUT2D eigenvalue weighted by Gasteiger charge is -2.39. The molecule has 2 saturated heterocycles. The van der Waals surface area contributed by atoms with Gasteiger partial charge in [0.25, 0.3) is 0 Å². The second-order valence-corrected chi connectivity index (χ2v) is 7.03. The molecule has 0 bridgehead atoms. The van der Waals surface area contributed by atoms with Crippen LogP contribution in [0.25, 0.3) is 6.08 Å². The minimum Gasteiger partial charge on any atom is -0.496 e. The third-order valence-electron chi connectivity index (χ3n) is 5.43. The zero-order chi connectivity index (χ0) is 17.7. The van der Waals surface area contributed by atoms with Gasteiger partial charge in [0.1, 0.15) is 5.75 Å². The standard InChI is InChI=1S/C20H28N2O3/c1-25-18-8-3-2-6-17(18)7-4-11-21-13-10-20(16-21)9-5-12-22(14-15-23)19(20)24/h2-4,6-8,23H,5,9-16H2,1H3/b7-4+/t20-/m1/s1.